The van der Waals surface area contributed by atoms with E-state index in [2.05, 4.69) is 6.92 Å². The van der Waals surface area contributed by atoms with E-state index in [0.29, 0.717) is 5.92 Å². The van der Waals surface area contributed by atoms with Crippen molar-refractivity contribution in [1.29, 1.82) is 0 Å². The molecule has 0 spiro atoms. The molecule has 0 aromatic carbocycles. The number of aliphatic hydroxyl groups is 1. The maximum Gasteiger partial charge on any atom is 0.0903 e. The molecule has 50 valence electrons. The average molecular weight is 124 g/mol. The largest absolute Gasteiger partial charge is 0.385 e. The summed E-state index contributed by atoms with van der Waals surface area (Å²) >= 11 is 0. The van der Waals surface area contributed by atoms with Crippen LogP contribution in [0.3, 0.4) is 0 Å². The first-order valence-electron chi connectivity index (χ1n) is 3.37. The van der Waals surface area contributed by atoms with E-state index in [4.69, 9.17) is 5.11 Å². The summed E-state index contributed by atoms with van der Waals surface area (Å²) in [7, 11) is 0. The molecule has 1 aliphatic rings. The van der Waals surface area contributed by atoms with Gasteiger partial charge >= 0.3 is 0 Å². The summed E-state index contributed by atoms with van der Waals surface area (Å²) in [6, 6.07) is 0. The van der Waals surface area contributed by atoms with Crippen LogP contribution in [0.15, 0.2) is 24.3 Å². The third-order valence-electron chi connectivity index (χ3n) is 1.58. The van der Waals surface area contributed by atoms with Crippen molar-refractivity contribution in [2.24, 2.45) is 5.92 Å². The highest BCUT2D eigenvalue weighted by molar-refractivity contribution is 5.13. The fourth-order valence-corrected chi connectivity index (χ4v) is 0.914. The minimum atomic E-state index is -0.340. The Morgan fingerprint density at radius 1 is 1.22 bits per heavy atom. The molecule has 1 aliphatic carbocycles. The van der Waals surface area contributed by atoms with Gasteiger partial charge in [-0.25, -0.2) is 0 Å². The number of allylic oxidation sites excluding steroid dienone is 2. The standard InChI is InChI=1S/C8H12O/c1-2-7-3-5-8(9)6-4-7/h3-9H,2H2,1H3. The van der Waals surface area contributed by atoms with E-state index in [-0.39, 0.29) is 6.10 Å². The second-order valence-corrected chi connectivity index (χ2v) is 2.33. The van der Waals surface area contributed by atoms with Crippen LogP contribution in [0.25, 0.3) is 0 Å². The van der Waals surface area contributed by atoms with Gasteiger partial charge in [0.05, 0.1) is 6.10 Å². The second-order valence-electron chi connectivity index (χ2n) is 2.33. The van der Waals surface area contributed by atoms with Crippen molar-refractivity contribution in [3.8, 4) is 0 Å². The molecule has 0 radical (unpaired) electrons. The highest BCUT2D eigenvalue weighted by Gasteiger charge is 2.02. The van der Waals surface area contributed by atoms with Crippen LogP contribution in [-0.2, 0) is 0 Å². The molecular formula is C8H12O. The van der Waals surface area contributed by atoms with Gasteiger partial charge in [0.1, 0.15) is 0 Å². The highest BCUT2D eigenvalue weighted by atomic mass is 16.3. The minimum absolute atomic E-state index is 0.340. The molecule has 0 aromatic rings. The van der Waals surface area contributed by atoms with E-state index in [9.17, 15) is 0 Å². The molecule has 0 saturated carbocycles. The van der Waals surface area contributed by atoms with Gasteiger partial charge in [0, 0.05) is 0 Å². The van der Waals surface area contributed by atoms with Crippen LogP contribution < -0.4 is 0 Å². The van der Waals surface area contributed by atoms with Gasteiger partial charge in [-0.1, -0.05) is 31.2 Å². The smallest absolute Gasteiger partial charge is 0.0903 e. The monoisotopic (exact) mass is 124 g/mol. The lowest BCUT2D eigenvalue weighted by atomic mass is 10.00. The predicted molar refractivity (Wildman–Crippen MR) is 38.1 cm³/mol. The lowest BCUT2D eigenvalue weighted by Crippen LogP contribution is -2.04. The first kappa shape index (κ1) is 6.56. The maximum absolute atomic E-state index is 8.95. The summed E-state index contributed by atoms with van der Waals surface area (Å²) in [5.74, 6) is 0.549. The number of hydrogen-bond donors (Lipinski definition) is 1. The molecule has 1 heteroatoms. The Hall–Kier alpha value is -0.560. The molecule has 0 unspecified atom stereocenters. The molecule has 0 aromatic heterocycles. The third kappa shape index (κ3) is 1.68. The van der Waals surface area contributed by atoms with E-state index >= 15 is 0 Å². The molecule has 0 heterocycles. The summed E-state index contributed by atoms with van der Waals surface area (Å²) in [4.78, 5) is 0. The van der Waals surface area contributed by atoms with Gasteiger partial charge in [-0.15, -0.1) is 0 Å². The summed E-state index contributed by atoms with van der Waals surface area (Å²) in [5, 5.41) is 8.95. The quantitative estimate of drug-likeness (QED) is 0.525. The third-order valence-corrected chi connectivity index (χ3v) is 1.58. The van der Waals surface area contributed by atoms with Gasteiger partial charge in [-0.05, 0) is 12.3 Å². The van der Waals surface area contributed by atoms with E-state index in [0.717, 1.165) is 6.42 Å². The molecule has 0 aliphatic heterocycles. The maximum atomic E-state index is 8.95. The van der Waals surface area contributed by atoms with Crippen molar-refractivity contribution in [3.05, 3.63) is 24.3 Å². The molecule has 9 heavy (non-hydrogen) atoms. The number of aliphatic hydroxyl groups excluding tert-OH is 1. The SMILES string of the molecule is CCC1C=CC(O)C=C1. The summed E-state index contributed by atoms with van der Waals surface area (Å²) in [5.41, 5.74) is 0. The van der Waals surface area contributed by atoms with Gasteiger partial charge < -0.3 is 5.11 Å². The Kier molecular flexibility index (Phi) is 2.06. The fraction of sp³-hybridized carbons (Fsp3) is 0.500. The Balaban J connectivity index is 2.48. The van der Waals surface area contributed by atoms with E-state index in [1.54, 1.807) is 0 Å². The Bertz CT molecular complexity index is 122. The molecule has 0 fully saturated rings. The van der Waals surface area contributed by atoms with Crippen molar-refractivity contribution in [2.45, 2.75) is 19.4 Å². The van der Waals surface area contributed by atoms with Crippen LogP contribution in [0.1, 0.15) is 13.3 Å². The number of hydrogen-bond acceptors (Lipinski definition) is 1. The van der Waals surface area contributed by atoms with Crippen LogP contribution >= 0.6 is 0 Å². The Labute approximate surface area is 55.7 Å². The fourth-order valence-electron chi connectivity index (χ4n) is 0.914. The van der Waals surface area contributed by atoms with Gasteiger partial charge in [-0.3, -0.25) is 0 Å². The Morgan fingerprint density at radius 3 is 2.22 bits per heavy atom. The zero-order valence-electron chi connectivity index (χ0n) is 5.62. The lowest BCUT2D eigenvalue weighted by Gasteiger charge is -2.09. The first-order valence-corrected chi connectivity index (χ1v) is 3.37. The summed E-state index contributed by atoms with van der Waals surface area (Å²) < 4.78 is 0. The van der Waals surface area contributed by atoms with E-state index < -0.39 is 0 Å². The van der Waals surface area contributed by atoms with Crippen LogP contribution in [0, 0.1) is 5.92 Å². The topological polar surface area (TPSA) is 20.2 Å². The zero-order chi connectivity index (χ0) is 6.69. The van der Waals surface area contributed by atoms with Crippen molar-refractivity contribution < 1.29 is 5.11 Å². The second kappa shape index (κ2) is 2.83. The van der Waals surface area contributed by atoms with Gasteiger partial charge in [0.25, 0.3) is 0 Å². The average Bonchev–Trinajstić information content (AvgIpc) is 1.90. The molecule has 1 rings (SSSR count). The first-order chi connectivity index (χ1) is 4.33. The molecule has 0 saturated heterocycles. The van der Waals surface area contributed by atoms with Crippen molar-refractivity contribution in [3.63, 3.8) is 0 Å². The molecule has 0 atom stereocenters. The molecular weight excluding hydrogens is 112 g/mol. The summed E-state index contributed by atoms with van der Waals surface area (Å²) in [6.07, 6.45) is 8.53. The molecule has 1 N–H and O–H groups in total. The van der Waals surface area contributed by atoms with Gasteiger partial charge in [0.2, 0.25) is 0 Å². The Morgan fingerprint density at radius 2 is 1.78 bits per heavy atom. The van der Waals surface area contributed by atoms with Crippen molar-refractivity contribution in [2.75, 3.05) is 0 Å². The zero-order valence-corrected chi connectivity index (χ0v) is 5.62. The van der Waals surface area contributed by atoms with Crippen LogP contribution in [0.5, 0.6) is 0 Å². The molecule has 0 amide bonds. The molecule has 1 nitrogen and oxygen atoms in total. The van der Waals surface area contributed by atoms with Crippen LogP contribution in [0.4, 0.5) is 0 Å². The van der Waals surface area contributed by atoms with Crippen LogP contribution in [-0.4, -0.2) is 11.2 Å². The highest BCUT2D eigenvalue weighted by Crippen LogP contribution is 2.12. The molecule has 0 bridgehead atoms. The van der Waals surface area contributed by atoms with Gasteiger partial charge in [0.15, 0.2) is 0 Å². The van der Waals surface area contributed by atoms with Crippen LogP contribution in [0.2, 0.25) is 0 Å². The van der Waals surface area contributed by atoms with Gasteiger partial charge in [-0.2, -0.15) is 0 Å². The number of rotatable bonds is 1. The predicted octanol–water partition coefficient (Wildman–Crippen LogP) is 1.50. The summed E-state index contributed by atoms with van der Waals surface area (Å²) in [6.45, 7) is 2.14. The minimum Gasteiger partial charge on any atom is -0.385 e. The van der Waals surface area contributed by atoms with Crippen molar-refractivity contribution in [1.82, 2.24) is 0 Å². The van der Waals surface area contributed by atoms with E-state index in [1.807, 2.05) is 24.3 Å². The van der Waals surface area contributed by atoms with Crippen molar-refractivity contribution >= 4 is 0 Å². The normalized spacial score (nSPS) is 33.1. The lowest BCUT2D eigenvalue weighted by molar-refractivity contribution is 0.268. The van der Waals surface area contributed by atoms with E-state index in [1.165, 1.54) is 0 Å².